The van der Waals surface area contributed by atoms with Gasteiger partial charge in [-0.2, -0.15) is 0 Å². The largest absolute Gasteiger partial charge is 0.481 e. The normalized spacial score (nSPS) is 11.1. The van der Waals surface area contributed by atoms with Crippen LogP contribution >= 0.6 is 0 Å². The van der Waals surface area contributed by atoms with Gasteiger partial charge in [0.15, 0.2) is 6.61 Å². The van der Waals surface area contributed by atoms with Crippen LogP contribution < -0.4 is 4.74 Å². The van der Waals surface area contributed by atoms with Gasteiger partial charge >= 0.3 is 5.97 Å². The second kappa shape index (κ2) is 4.25. The van der Waals surface area contributed by atoms with Gasteiger partial charge in [0.05, 0.1) is 5.56 Å². The number of para-hydroxylation sites is 1. The molecule has 82 valence electrons. The Morgan fingerprint density at radius 2 is 2.07 bits per heavy atom. The fourth-order valence-electron chi connectivity index (χ4n) is 1.09. The predicted molar refractivity (Wildman–Crippen MR) is 49.1 cm³/mol. The van der Waals surface area contributed by atoms with Crippen molar-refractivity contribution in [3.63, 3.8) is 0 Å². The maximum Gasteiger partial charge on any atom is 0.341 e. The zero-order valence-electron chi connectivity index (χ0n) is 8.04. The zero-order chi connectivity index (χ0) is 11.5. The number of alkyl halides is 2. The summed E-state index contributed by atoms with van der Waals surface area (Å²) in [5, 5.41) is 8.36. The third-order valence-corrected chi connectivity index (χ3v) is 1.71. The second-order valence-electron chi connectivity index (χ2n) is 3.07. The first-order valence-corrected chi connectivity index (χ1v) is 4.23. The molecule has 1 rings (SSSR count). The zero-order valence-corrected chi connectivity index (χ0v) is 8.04. The Bertz CT molecular complexity index is 358. The summed E-state index contributed by atoms with van der Waals surface area (Å²) >= 11 is 0. The number of halogens is 2. The number of rotatable bonds is 4. The molecule has 3 nitrogen and oxygen atoms in total. The first-order chi connectivity index (χ1) is 6.91. The quantitative estimate of drug-likeness (QED) is 0.839. The molecule has 0 atom stereocenters. The van der Waals surface area contributed by atoms with Crippen LogP contribution in [-0.4, -0.2) is 17.7 Å². The topological polar surface area (TPSA) is 46.5 Å². The lowest BCUT2D eigenvalue weighted by Crippen LogP contribution is -2.14. The fourth-order valence-corrected chi connectivity index (χ4v) is 1.09. The van der Waals surface area contributed by atoms with E-state index >= 15 is 0 Å². The number of carboxylic acid groups (broad SMARTS) is 1. The molecule has 0 amide bonds. The summed E-state index contributed by atoms with van der Waals surface area (Å²) in [4.78, 5) is 10.2. The second-order valence-corrected chi connectivity index (χ2v) is 3.07. The molecular formula is C10H10F2O3. The van der Waals surface area contributed by atoms with Crippen molar-refractivity contribution in [3.8, 4) is 5.75 Å². The minimum atomic E-state index is -3.05. The van der Waals surface area contributed by atoms with Crippen molar-refractivity contribution < 1.29 is 23.4 Å². The van der Waals surface area contributed by atoms with Crippen molar-refractivity contribution in [3.05, 3.63) is 29.8 Å². The van der Waals surface area contributed by atoms with E-state index in [2.05, 4.69) is 0 Å². The SMILES string of the molecule is CC(F)(F)c1ccccc1OCC(=O)O. The molecule has 0 heterocycles. The van der Waals surface area contributed by atoms with Crippen molar-refractivity contribution in [1.29, 1.82) is 0 Å². The smallest absolute Gasteiger partial charge is 0.341 e. The average molecular weight is 216 g/mol. The predicted octanol–water partition coefficient (Wildman–Crippen LogP) is 2.26. The van der Waals surface area contributed by atoms with Crippen LogP contribution in [0.1, 0.15) is 12.5 Å². The Morgan fingerprint density at radius 1 is 1.47 bits per heavy atom. The lowest BCUT2D eigenvalue weighted by atomic mass is 10.1. The van der Waals surface area contributed by atoms with Crippen LogP contribution in [-0.2, 0) is 10.7 Å². The summed E-state index contributed by atoms with van der Waals surface area (Å²) in [5.74, 6) is -4.36. The number of carbonyl (C=O) groups is 1. The third-order valence-electron chi connectivity index (χ3n) is 1.71. The van der Waals surface area contributed by atoms with E-state index in [9.17, 15) is 13.6 Å². The van der Waals surface area contributed by atoms with Crippen LogP contribution in [0.4, 0.5) is 8.78 Å². The van der Waals surface area contributed by atoms with E-state index in [-0.39, 0.29) is 11.3 Å². The van der Waals surface area contributed by atoms with E-state index in [1.54, 1.807) is 0 Å². The highest BCUT2D eigenvalue weighted by Crippen LogP contribution is 2.33. The Labute approximate surface area is 85.3 Å². The Hall–Kier alpha value is -1.65. The van der Waals surface area contributed by atoms with Crippen LogP contribution in [0.15, 0.2) is 24.3 Å². The molecule has 0 spiro atoms. The minimum Gasteiger partial charge on any atom is -0.481 e. The third kappa shape index (κ3) is 3.19. The number of aliphatic carboxylic acids is 1. The van der Waals surface area contributed by atoms with Gasteiger partial charge in [-0.25, -0.2) is 13.6 Å². The van der Waals surface area contributed by atoms with E-state index in [1.165, 1.54) is 24.3 Å². The highest BCUT2D eigenvalue weighted by molar-refractivity contribution is 5.68. The summed E-state index contributed by atoms with van der Waals surface area (Å²) in [6.45, 7) is 0.100. The van der Waals surface area contributed by atoms with Gasteiger partial charge in [0, 0.05) is 6.92 Å². The van der Waals surface area contributed by atoms with Gasteiger partial charge < -0.3 is 9.84 Å². The van der Waals surface area contributed by atoms with Gasteiger partial charge in [0.1, 0.15) is 5.75 Å². The van der Waals surface area contributed by atoms with Gasteiger partial charge in [-0.15, -0.1) is 0 Å². The summed E-state index contributed by atoms with van der Waals surface area (Å²) in [5.41, 5.74) is -0.314. The molecule has 1 aromatic rings. The van der Waals surface area contributed by atoms with E-state index in [1.807, 2.05) is 0 Å². The molecule has 5 heteroatoms. The van der Waals surface area contributed by atoms with E-state index in [4.69, 9.17) is 9.84 Å². The molecule has 0 unspecified atom stereocenters. The molecule has 0 radical (unpaired) electrons. The van der Waals surface area contributed by atoms with Crippen molar-refractivity contribution in [2.75, 3.05) is 6.61 Å². The van der Waals surface area contributed by atoms with Crippen molar-refractivity contribution in [1.82, 2.24) is 0 Å². The number of hydrogen-bond donors (Lipinski definition) is 1. The molecular weight excluding hydrogens is 206 g/mol. The Kier molecular flexibility index (Phi) is 3.24. The van der Waals surface area contributed by atoms with Gasteiger partial charge in [0.25, 0.3) is 5.92 Å². The molecule has 0 fully saturated rings. The summed E-state index contributed by atoms with van der Waals surface area (Å²) < 4.78 is 30.8. The Morgan fingerprint density at radius 3 is 2.60 bits per heavy atom. The van der Waals surface area contributed by atoms with Crippen molar-refractivity contribution in [2.45, 2.75) is 12.8 Å². The number of ether oxygens (including phenoxy) is 1. The molecule has 0 saturated carbocycles. The molecule has 0 aliphatic heterocycles. The highest BCUT2D eigenvalue weighted by atomic mass is 19.3. The van der Waals surface area contributed by atoms with Crippen LogP contribution in [0, 0.1) is 0 Å². The standard InChI is InChI=1S/C10H10F2O3/c1-10(11,12)7-4-2-3-5-8(7)15-6-9(13)14/h2-5H,6H2,1H3,(H,13,14). The molecule has 0 aliphatic carbocycles. The summed E-state index contributed by atoms with van der Waals surface area (Å²) in [6, 6.07) is 5.47. The van der Waals surface area contributed by atoms with Gasteiger partial charge in [0.2, 0.25) is 0 Å². The van der Waals surface area contributed by atoms with Gasteiger partial charge in [-0.05, 0) is 12.1 Å². The van der Waals surface area contributed by atoms with Crippen molar-refractivity contribution in [2.24, 2.45) is 0 Å². The maximum absolute atomic E-state index is 13.0. The fraction of sp³-hybridized carbons (Fsp3) is 0.300. The number of benzene rings is 1. The monoisotopic (exact) mass is 216 g/mol. The lowest BCUT2D eigenvalue weighted by Gasteiger charge is -2.15. The molecule has 1 N–H and O–H groups in total. The molecule has 0 bridgehead atoms. The maximum atomic E-state index is 13.0. The van der Waals surface area contributed by atoms with Gasteiger partial charge in [-0.3, -0.25) is 0 Å². The minimum absolute atomic E-state index is 0.104. The van der Waals surface area contributed by atoms with E-state index < -0.39 is 18.5 Å². The van der Waals surface area contributed by atoms with Crippen LogP contribution in [0.2, 0.25) is 0 Å². The van der Waals surface area contributed by atoms with E-state index in [0.29, 0.717) is 0 Å². The average Bonchev–Trinajstić information content (AvgIpc) is 2.13. The lowest BCUT2D eigenvalue weighted by molar-refractivity contribution is -0.139. The first kappa shape index (κ1) is 11.4. The molecule has 1 aromatic carbocycles. The van der Waals surface area contributed by atoms with Gasteiger partial charge in [-0.1, -0.05) is 12.1 Å². The molecule has 0 aromatic heterocycles. The molecule has 0 saturated heterocycles. The molecule has 0 aliphatic rings. The summed E-state index contributed by atoms with van der Waals surface area (Å²) in [6.07, 6.45) is 0. The highest BCUT2D eigenvalue weighted by Gasteiger charge is 2.28. The van der Waals surface area contributed by atoms with Crippen LogP contribution in [0.25, 0.3) is 0 Å². The van der Waals surface area contributed by atoms with Crippen molar-refractivity contribution >= 4 is 5.97 Å². The number of hydrogen-bond acceptors (Lipinski definition) is 2. The Balaban J connectivity index is 2.92. The van der Waals surface area contributed by atoms with Crippen LogP contribution in [0.5, 0.6) is 5.75 Å². The number of carboxylic acids is 1. The van der Waals surface area contributed by atoms with Crippen LogP contribution in [0.3, 0.4) is 0 Å². The summed E-state index contributed by atoms with van der Waals surface area (Å²) in [7, 11) is 0. The first-order valence-electron chi connectivity index (χ1n) is 4.23. The van der Waals surface area contributed by atoms with E-state index in [0.717, 1.165) is 6.92 Å². The molecule has 15 heavy (non-hydrogen) atoms.